The van der Waals surface area contributed by atoms with Gasteiger partial charge < -0.3 is 20.5 Å². The fraction of sp³-hybridized carbons (Fsp3) is 0.571. The lowest BCUT2D eigenvalue weighted by Gasteiger charge is -2.26. The van der Waals surface area contributed by atoms with Crippen LogP contribution in [0.2, 0.25) is 0 Å². The van der Waals surface area contributed by atoms with Crippen molar-refractivity contribution in [3.63, 3.8) is 0 Å². The molecule has 1 aromatic rings. The van der Waals surface area contributed by atoms with Gasteiger partial charge in [0.25, 0.3) is 0 Å². The summed E-state index contributed by atoms with van der Waals surface area (Å²) in [7, 11) is 3.39. The van der Waals surface area contributed by atoms with Crippen molar-refractivity contribution < 1.29 is 14.2 Å². The molecule has 0 bridgehead atoms. The number of benzene rings is 1. The Bertz CT molecular complexity index is 424. The van der Waals surface area contributed by atoms with E-state index in [-0.39, 0.29) is 18.5 Å². The molecule has 0 aliphatic carbocycles. The topological polar surface area (TPSA) is 58.7 Å². The second-order valence-electron chi connectivity index (χ2n) is 4.94. The van der Waals surface area contributed by atoms with Crippen molar-refractivity contribution in [2.24, 2.45) is 5.73 Å². The number of hydrogen-bond acceptors (Lipinski definition) is 4. The molecule has 0 aliphatic heterocycles. The van der Waals surface area contributed by atoms with Gasteiger partial charge in [0, 0.05) is 32.4 Å². The van der Waals surface area contributed by atoms with Crippen LogP contribution in [0.1, 0.15) is 24.1 Å². The summed E-state index contributed by atoms with van der Waals surface area (Å²) in [5.74, 6) is -0.262. The highest BCUT2D eigenvalue weighted by molar-refractivity contribution is 5.56. The van der Waals surface area contributed by atoms with Gasteiger partial charge in [0.15, 0.2) is 0 Å². The average molecular weight is 270 g/mol. The van der Waals surface area contributed by atoms with Crippen molar-refractivity contribution in [2.45, 2.75) is 26.0 Å². The van der Waals surface area contributed by atoms with Crippen LogP contribution in [-0.2, 0) is 4.74 Å². The van der Waals surface area contributed by atoms with Crippen LogP contribution in [0.4, 0.5) is 10.1 Å². The van der Waals surface area contributed by atoms with Gasteiger partial charge >= 0.3 is 0 Å². The number of halogens is 1. The Labute approximate surface area is 114 Å². The normalized spacial score (nSPS) is 14.3. The number of rotatable bonds is 6. The Morgan fingerprint density at radius 1 is 1.47 bits per heavy atom. The van der Waals surface area contributed by atoms with Gasteiger partial charge in [0.05, 0.1) is 12.7 Å². The van der Waals surface area contributed by atoms with Crippen LogP contribution in [0.3, 0.4) is 0 Å². The molecule has 0 saturated carbocycles. The minimum absolute atomic E-state index is 0.262. The van der Waals surface area contributed by atoms with Crippen molar-refractivity contribution in [1.29, 1.82) is 0 Å². The van der Waals surface area contributed by atoms with Crippen molar-refractivity contribution in [2.75, 3.05) is 32.2 Å². The van der Waals surface area contributed by atoms with E-state index >= 15 is 0 Å². The van der Waals surface area contributed by atoms with Gasteiger partial charge in [-0.3, -0.25) is 0 Å². The highest BCUT2D eigenvalue weighted by Crippen LogP contribution is 2.27. The van der Waals surface area contributed by atoms with E-state index in [9.17, 15) is 9.50 Å². The van der Waals surface area contributed by atoms with Gasteiger partial charge in [-0.25, -0.2) is 4.39 Å². The SMILES string of the molecule is COCC(O)CN(C)c1cc(C)c(F)cc1C(C)N. The number of nitrogens with two attached hydrogens (primary N) is 1. The number of aliphatic hydroxyl groups is 1. The minimum atomic E-state index is -0.596. The van der Waals surface area contributed by atoms with Crippen LogP contribution in [-0.4, -0.2) is 38.5 Å². The molecule has 0 aromatic heterocycles. The molecule has 0 amide bonds. The smallest absolute Gasteiger partial charge is 0.126 e. The van der Waals surface area contributed by atoms with Crippen molar-refractivity contribution in [3.8, 4) is 0 Å². The van der Waals surface area contributed by atoms with E-state index in [2.05, 4.69) is 0 Å². The summed E-state index contributed by atoms with van der Waals surface area (Å²) in [5, 5.41) is 9.76. The molecular formula is C14H23FN2O2. The molecule has 1 rings (SSSR count). The largest absolute Gasteiger partial charge is 0.389 e. The van der Waals surface area contributed by atoms with E-state index in [1.807, 2.05) is 18.9 Å². The summed E-state index contributed by atoms with van der Waals surface area (Å²) in [5.41, 5.74) is 8.01. The van der Waals surface area contributed by atoms with E-state index in [1.54, 1.807) is 20.1 Å². The Kier molecular flexibility index (Phi) is 5.72. The van der Waals surface area contributed by atoms with E-state index in [4.69, 9.17) is 10.5 Å². The lowest BCUT2D eigenvalue weighted by Crippen LogP contribution is -2.33. The Morgan fingerprint density at radius 3 is 2.63 bits per heavy atom. The number of aliphatic hydroxyl groups excluding tert-OH is 1. The summed E-state index contributed by atoms with van der Waals surface area (Å²) >= 11 is 0. The molecule has 1 aromatic carbocycles. The second kappa shape index (κ2) is 6.84. The maximum Gasteiger partial charge on any atom is 0.126 e. The molecule has 5 heteroatoms. The molecule has 108 valence electrons. The first-order valence-corrected chi connectivity index (χ1v) is 6.30. The fourth-order valence-electron chi connectivity index (χ4n) is 2.04. The van der Waals surface area contributed by atoms with Gasteiger partial charge in [-0.05, 0) is 37.1 Å². The molecule has 0 heterocycles. The number of aryl methyl sites for hydroxylation is 1. The molecule has 4 nitrogen and oxygen atoms in total. The lowest BCUT2D eigenvalue weighted by molar-refractivity contribution is 0.0695. The Balaban J connectivity index is 3.00. The van der Waals surface area contributed by atoms with E-state index in [0.29, 0.717) is 12.1 Å². The first kappa shape index (κ1) is 15.9. The standard InChI is InChI=1S/C14H23FN2O2/c1-9-5-14(12(10(2)16)6-13(9)15)17(3)7-11(18)8-19-4/h5-6,10-11,18H,7-8,16H2,1-4H3. The number of ether oxygens (including phenoxy) is 1. The zero-order valence-electron chi connectivity index (χ0n) is 12.0. The fourth-order valence-corrected chi connectivity index (χ4v) is 2.04. The first-order valence-electron chi connectivity index (χ1n) is 6.30. The van der Waals surface area contributed by atoms with Gasteiger partial charge in [-0.1, -0.05) is 0 Å². The number of methoxy groups -OCH3 is 1. The van der Waals surface area contributed by atoms with Crippen LogP contribution in [0.5, 0.6) is 0 Å². The first-order chi connectivity index (χ1) is 8.86. The van der Waals surface area contributed by atoms with Crippen LogP contribution in [0.15, 0.2) is 12.1 Å². The Hall–Kier alpha value is -1.17. The van der Waals surface area contributed by atoms with Crippen LogP contribution in [0, 0.1) is 12.7 Å². The van der Waals surface area contributed by atoms with Gasteiger partial charge in [0.1, 0.15) is 5.82 Å². The molecule has 0 fully saturated rings. The molecule has 2 unspecified atom stereocenters. The molecule has 3 N–H and O–H groups in total. The predicted octanol–water partition coefficient (Wildman–Crippen LogP) is 1.60. The number of likely N-dealkylation sites (N-methyl/N-ethyl adjacent to an activating group) is 1. The van der Waals surface area contributed by atoms with Crippen molar-refractivity contribution >= 4 is 5.69 Å². The summed E-state index contributed by atoms with van der Waals surface area (Å²) in [6.45, 7) is 4.19. The molecule has 19 heavy (non-hydrogen) atoms. The average Bonchev–Trinajstić information content (AvgIpc) is 2.31. The number of anilines is 1. The highest BCUT2D eigenvalue weighted by Gasteiger charge is 2.16. The van der Waals surface area contributed by atoms with Gasteiger partial charge in [-0.2, -0.15) is 0 Å². The van der Waals surface area contributed by atoms with E-state index in [0.717, 1.165) is 11.3 Å². The lowest BCUT2D eigenvalue weighted by atomic mass is 10.0. The highest BCUT2D eigenvalue weighted by atomic mass is 19.1. The van der Waals surface area contributed by atoms with Crippen LogP contribution >= 0.6 is 0 Å². The van der Waals surface area contributed by atoms with Gasteiger partial charge in [-0.15, -0.1) is 0 Å². The summed E-state index contributed by atoms with van der Waals surface area (Å²) in [6.07, 6.45) is -0.596. The molecule has 0 aliphatic rings. The third kappa shape index (κ3) is 4.16. The third-order valence-electron chi connectivity index (χ3n) is 3.05. The van der Waals surface area contributed by atoms with E-state index in [1.165, 1.54) is 6.07 Å². The monoisotopic (exact) mass is 270 g/mol. The predicted molar refractivity (Wildman–Crippen MR) is 74.9 cm³/mol. The van der Waals surface area contributed by atoms with Crippen molar-refractivity contribution in [1.82, 2.24) is 0 Å². The summed E-state index contributed by atoms with van der Waals surface area (Å²) in [4.78, 5) is 1.87. The molecular weight excluding hydrogens is 247 g/mol. The zero-order chi connectivity index (χ0) is 14.6. The minimum Gasteiger partial charge on any atom is -0.389 e. The Morgan fingerprint density at radius 2 is 2.11 bits per heavy atom. The van der Waals surface area contributed by atoms with Gasteiger partial charge in [0.2, 0.25) is 0 Å². The maximum absolute atomic E-state index is 13.6. The van der Waals surface area contributed by atoms with Crippen LogP contribution < -0.4 is 10.6 Å². The number of nitrogens with zero attached hydrogens (tertiary/aromatic N) is 1. The summed E-state index contributed by atoms with van der Waals surface area (Å²) in [6, 6.07) is 2.95. The third-order valence-corrected chi connectivity index (χ3v) is 3.05. The second-order valence-corrected chi connectivity index (χ2v) is 4.94. The molecule has 0 radical (unpaired) electrons. The van der Waals surface area contributed by atoms with Crippen LogP contribution in [0.25, 0.3) is 0 Å². The van der Waals surface area contributed by atoms with Crippen molar-refractivity contribution in [3.05, 3.63) is 29.1 Å². The quantitative estimate of drug-likeness (QED) is 0.824. The molecule has 0 spiro atoms. The maximum atomic E-state index is 13.6. The number of hydrogen-bond donors (Lipinski definition) is 2. The molecule has 2 atom stereocenters. The molecule has 0 saturated heterocycles. The zero-order valence-corrected chi connectivity index (χ0v) is 12.0. The van der Waals surface area contributed by atoms with E-state index < -0.39 is 6.10 Å². The summed E-state index contributed by atoms with van der Waals surface area (Å²) < 4.78 is 18.5.